The van der Waals surface area contributed by atoms with Gasteiger partial charge in [0.2, 0.25) is 0 Å². The van der Waals surface area contributed by atoms with Crippen LogP contribution in [0.15, 0.2) is 53.4 Å². The highest BCUT2D eigenvalue weighted by Gasteiger charge is 2.23. The fourth-order valence-electron chi connectivity index (χ4n) is 3.22. The second-order valence-electron chi connectivity index (χ2n) is 6.48. The minimum atomic E-state index is -3.55. The highest BCUT2D eigenvalue weighted by atomic mass is 32.2. The van der Waals surface area contributed by atoms with E-state index in [4.69, 9.17) is 5.73 Å². The lowest BCUT2D eigenvalue weighted by molar-refractivity contribution is 0.602. The van der Waals surface area contributed by atoms with Gasteiger partial charge >= 0.3 is 0 Å². The lowest BCUT2D eigenvalue weighted by atomic mass is 10.0. The summed E-state index contributed by atoms with van der Waals surface area (Å²) in [7, 11) is -3.55. The fourth-order valence-corrected chi connectivity index (χ4v) is 4.37. The molecule has 7 nitrogen and oxygen atoms in total. The number of imidazole rings is 1. The molecular weight excluding hydrogens is 374 g/mol. The molecule has 0 bridgehead atoms. The summed E-state index contributed by atoms with van der Waals surface area (Å²) in [6, 6.07) is 14.7. The monoisotopic (exact) mass is 393 g/mol. The molecule has 3 N–H and O–H groups in total. The van der Waals surface area contributed by atoms with Crippen molar-refractivity contribution in [2.24, 2.45) is 0 Å². The minimum absolute atomic E-state index is 0.211. The molecule has 0 aliphatic heterocycles. The Bertz CT molecular complexity index is 1280. The van der Waals surface area contributed by atoms with Gasteiger partial charge in [-0.2, -0.15) is 0 Å². The van der Waals surface area contributed by atoms with Crippen molar-refractivity contribution in [1.82, 2.24) is 19.9 Å². The first-order valence-corrected chi connectivity index (χ1v) is 10.7. The van der Waals surface area contributed by atoms with E-state index in [1.165, 1.54) is 6.26 Å². The van der Waals surface area contributed by atoms with Crippen molar-refractivity contribution in [2.75, 3.05) is 12.0 Å². The molecule has 0 fully saturated rings. The molecule has 0 aliphatic carbocycles. The number of aryl methyl sites for hydroxylation is 1. The first kappa shape index (κ1) is 18.1. The van der Waals surface area contributed by atoms with E-state index < -0.39 is 9.84 Å². The van der Waals surface area contributed by atoms with Gasteiger partial charge in [-0.05, 0) is 11.6 Å². The van der Waals surface area contributed by atoms with Crippen molar-refractivity contribution in [3.05, 3.63) is 54.4 Å². The molecule has 142 valence electrons. The van der Waals surface area contributed by atoms with Crippen LogP contribution in [-0.4, -0.2) is 34.6 Å². The fraction of sp³-hybridized carbons (Fsp3) is 0.150. The molecule has 4 rings (SSSR count). The molecule has 0 amide bonds. The number of aromatic amines is 1. The Morgan fingerprint density at radius 1 is 0.964 bits per heavy atom. The number of hydrogen-bond acceptors (Lipinski definition) is 6. The maximum Gasteiger partial charge on any atom is 0.183 e. The van der Waals surface area contributed by atoms with Crippen LogP contribution in [0.3, 0.4) is 0 Å². The third kappa shape index (κ3) is 3.11. The van der Waals surface area contributed by atoms with Gasteiger partial charge in [-0.3, -0.25) is 0 Å². The molecule has 0 aliphatic rings. The van der Waals surface area contributed by atoms with Crippen LogP contribution in [0.2, 0.25) is 0 Å². The second kappa shape index (κ2) is 6.72. The summed E-state index contributed by atoms with van der Waals surface area (Å²) in [6.07, 6.45) is 1.82. The highest BCUT2D eigenvalue weighted by molar-refractivity contribution is 7.91. The van der Waals surface area contributed by atoms with E-state index in [-0.39, 0.29) is 4.90 Å². The summed E-state index contributed by atoms with van der Waals surface area (Å²) < 4.78 is 25.4. The molecule has 0 saturated heterocycles. The topological polar surface area (TPSA) is 115 Å². The van der Waals surface area contributed by atoms with Gasteiger partial charge in [0.1, 0.15) is 17.2 Å². The molecule has 0 saturated carbocycles. The molecule has 2 aromatic heterocycles. The summed E-state index contributed by atoms with van der Waals surface area (Å²) in [5.74, 6) is 1.27. The zero-order valence-corrected chi connectivity index (χ0v) is 16.3. The summed E-state index contributed by atoms with van der Waals surface area (Å²) in [6.45, 7) is 1.93. The number of nitrogen functional groups attached to an aromatic ring is 1. The van der Waals surface area contributed by atoms with Gasteiger partial charge in [-0.1, -0.05) is 49.4 Å². The predicted molar refractivity (Wildman–Crippen MR) is 109 cm³/mol. The summed E-state index contributed by atoms with van der Waals surface area (Å²) in [4.78, 5) is 16.4. The molecule has 4 aromatic rings. The number of sulfone groups is 1. The number of rotatable bonds is 4. The Morgan fingerprint density at radius 3 is 2.36 bits per heavy atom. The molecule has 0 spiro atoms. The minimum Gasteiger partial charge on any atom is -0.382 e. The van der Waals surface area contributed by atoms with Crippen molar-refractivity contribution in [3.8, 4) is 22.5 Å². The predicted octanol–water partition coefficient (Wildman–Crippen LogP) is 3.24. The third-order valence-corrected chi connectivity index (χ3v) is 5.65. The number of anilines is 1. The zero-order chi connectivity index (χ0) is 19.9. The highest BCUT2D eigenvalue weighted by Crippen LogP contribution is 2.35. The van der Waals surface area contributed by atoms with Crippen LogP contribution < -0.4 is 5.73 Å². The van der Waals surface area contributed by atoms with E-state index in [2.05, 4.69) is 19.9 Å². The number of H-pyrrole nitrogens is 1. The van der Waals surface area contributed by atoms with Crippen LogP contribution in [0.25, 0.3) is 33.7 Å². The van der Waals surface area contributed by atoms with E-state index in [1.807, 2.05) is 43.3 Å². The number of hydrogen-bond donors (Lipinski definition) is 2. The Labute approximate surface area is 162 Å². The summed E-state index contributed by atoms with van der Waals surface area (Å²) in [5.41, 5.74) is 8.85. The average molecular weight is 393 g/mol. The summed E-state index contributed by atoms with van der Waals surface area (Å²) >= 11 is 0. The molecule has 28 heavy (non-hydrogen) atoms. The largest absolute Gasteiger partial charge is 0.382 e. The van der Waals surface area contributed by atoms with Crippen molar-refractivity contribution in [2.45, 2.75) is 18.2 Å². The van der Waals surface area contributed by atoms with Gasteiger partial charge in [-0.25, -0.2) is 23.4 Å². The smallest absolute Gasteiger partial charge is 0.183 e. The second-order valence-corrected chi connectivity index (χ2v) is 8.44. The van der Waals surface area contributed by atoms with Crippen molar-refractivity contribution >= 4 is 26.8 Å². The Balaban J connectivity index is 2.01. The van der Waals surface area contributed by atoms with Gasteiger partial charge in [-0.15, -0.1) is 0 Å². The first-order valence-electron chi connectivity index (χ1n) is 8.79. The van der Waals surface area contributed by atoms with Crippen molar-refractivity contribution in [1.29, 1.82) is 0 Å². The molecule has 2 heterocycles. The van der Waals surface area contributed by atoms with Gasteiger partial charge < -0.3 is 10.7 Å². The van der Waals surface area contributed by atoms with Crippen molar-refractivity contribution in [3.63, 3.8) is 0 Å². The third-order valence-electron chi connectivity index (χ3n) is 4.47. The Hall–Kier alpha value is -3.26. The van der Waals surface area contributed by atoms with E-state index in [0.29, 0.717) is 46.2 Å². The van der Waals surface area contributed by atoms with Gasteiger partial charge in [0.25, 0.3) is 0 Å². The number of benzene rings is 2. The van der Waals surface area contributed by atoms with Gasteiger partial charge in [0.05, 0.1) is 4.90 Å². The van der Waals surface area contributed by atoms with Gasteiger partial charge in [0, 0.05) is 23.8 Å². The van der Waals surface area contributed by atoms with Gasteiger partial charge in [0.15, 0.2) is 21.3 Å². The van der Waals surface area contributed by atoms with E-state index in [1.54, 1.807) is 12.1 Å². The molecule has 0 atom stereocenters. The lowest BCUT2D eigenvalue weighted by Crippen LogP contribution is -2.03. The van der Waals surface area contributed by atoms with E-state index >= 15 is 0 Å². The Kier molecular flexibility index (Phi) is 4.35. The van der Waals surface area contributed by atoms with Crippen LogP contribution in [0.1, 0.15) is 12.7 Å². The molecule has 8 heteroatoms. The number of nitrogens with zero attached hydrogens (tertiary/aromatic N) is 3. The number of fused-ring (bicyclic) bond motifs is 1. The molecule has 0 unspecified atom stereocenters. The molecular formula is C20H19N5O2S. The normalized spacial score (nSPS) is 11.8. The maximum absolute atomic E-state index is 12.7. The lowest BCUT2D eigenvalue weighted by Gasteiger charge is -2.12. The first-order chi connectivity index (χ1) is 13.4. The van der Waals surface area contributed by atoms with Crippen LogP contribution in [0.5, 0.6) is 0 Å². The zero-order valence-electron chi connectivity index (χ0n) is 15.5. The number of nitrogens with two attached hydrogens (primary N) is 1. The Morgan fingerprint density at radius 2 is 1.68 bits per heavy atom. The van der Waals surface area contributed by atoms with Crippen LogP contribution in [-0.2, 0) is 16.3 Å². The van der Waals surface area contributed by atoms with E-state index in [0.717, 1.165) is 5.56 Å². The number of aromatic nitrogens is 4. The standard InChI is InChI=1S/C20H19N5O2S/c1-3-15-22-18(21)16-20(23-15)25-19(24-16)14-11-7-10-13(17(14)28(2,26)27)12-8-5-4-6-9-12/h4-11H,3H2,1-2H3,(H3,21,22,23,24,25). The quantitative estimate of drug-likeness (QED) is 0.550. The molecule has 0 radical (unpaired) electrons. The number of nitrogens with one attached hydrogen (secondary N) is 1. The van der Waals surface area contributed by atoms with Crippen LogP contribution in [0.4, 0.5) is 5.82 Å². The SMILES string of the molecule is CCc1nc(N)c2[nH]c(-c3cccc(-c4ccccc4)c3S(C)(=O)=O)nc2n1. The van der Waals surface area contributed by atoms with Crippen molar-refractivity contribution < 1.29 is 8.42 Å². The van der Waals surface area contributed by atoms with E-state index in [9.17, 15) is 8.42 Å². The maximum atomic E-state index is 12.7. The molecule has 2 aromatic carbocycles. The average Bonchev–Trinajstić information content (AvgIpc) is 3.12. The van der Waals surface area contributed by atoms with Crippen LogP contribution >= 0.6 is 0 Å². The summed E-state index contributed by atoms with van der Waals surface area (Å²) in [5, 5.41) is 0. The van der Waals surface area contributed by atoms with Crippen LogP contribution in [0, 0.1) is 0 Å².